The molecule has 1 atom stereocenters. The largest absolute Gasteiger partial charge is 0.322 e. The molecule has 2 aromatic carbocycles. The smallest absolute Gasteiger partial charge is 0.256 e. The Morgan fingerprint density at radius 3 is 2.61 bits per heavy atom. The van der Waals surface area contributed by atoms with E-state index in [1.165, 1.54) is 12.8 Å². The van der Waals surface area contributed by atoms with Crippen molar-refractivity contribution >= 4 is 22.8 Å². The first-order valence-corrected chi connectivity index (χ1v) is 10.9. The molecule has 7 heteroatoms. The fourth-order valence-electron chi connectivity index (χ4n) is 3.80. The molecule has 7 nitrogen and oxygen atoms in total. The zero-order valence-corrected chi connectivity index (χ0v) is 17.9. The Hall–Kier alpha value is -3.48. The zero-order valence-electron chi connectivity index (χ0n) is 17.9. The van der Waals surface area contributed by atoms with Gasteiger partial charge in [-0.05, 0) is 46.9 Å². The summed E-state index contributed by atoms with van der Waals surface area (Å²) >= 11 is 0. The maximum absolute atomic E-state index is 12.6. The van der Waals surface area contributed by atoms with Gasteiger partial charge in [0, 0.05) is 12.1 Å². The summed E-state index contributed by atoms with van der Waals surface area (Å²) in [4.78, 5) is 17.5. The van der Waals surface area contributed by atoms with E-state index in [4.69, 9.17) is 9.61 Å². The van der Waals surface area contributed by atoms with E-state index >= 15 is 0 Å². The van der Waals surface area contributed by atoms with Crippen molar-refractivity contribution in [3.05, 3.63) is 60.2 Å². The second kappa shape index (κ2) is 9.55. The van der Waals surface area contributed by atoms with Crippen LogP contribution in [0, 0.1) is 5.92 Å². The van der Waals surface area contributed by atoms with Gasteiger partial charge in [0.25, 0.3) is 5.91 Å². The number of hydrogen-bond acceptors (Lipinski definition) is 5. The van der Waals surface area contributed by atoms with Crippen LogP contribution in [0.4, 0.5) is 5.82 Å². The highest BCUT2D eigenvalue weighted by atomic mass is 16.6. The predicted octanol–water partition coefficient (Wildman–Crippen LogP) is 5.56. The third-order valence-corrected chi connectivity index (χ3v) is 5.61. The summed E-state index contributed by atoms with van der Waals surface area (Å²) in [6.07, 6.45) is 4.62. The highest BCUT2D eigenvalue weighted by molar-refractivity contribution is 6.05. The molecule has 31 heavy (non-hydrogen) atoms. The van der Waals surface area contributed by atoms with Crippen molar-refractivity contribution in [2.75, 3.05) is 5.32 Å². The Labute approximate surface area is 181 Å². The second-order valence-corrected chi connectivity index (χ2v) is 7.73. The van der Waals surface area contributed by atoms with Crippen LogP contribution in [-0.2, 0) is 6.54 Å². The highest BCUT2D eigenvalue weighted by Crippen LogP contribution is 2.30. The summed E-state index contributed by atoms with van der Waals surface area (Å²) in [5.74, 6) is 1.18. The molecule has 4 rings (SSSR count). The van der Waals surface area contributed by atoms with Gasteiger partial charge in [-0.25, -0.2) is 9.61 Å². The van der Waals surface area contributed by atoms with Gasteiger partial charge in [0.15, 0.2) is 11.5 Å². The molecule has 0 bridgehead atoms. The fraction of sp³-hybridized carbons (Fsp3) is 0.333. The van der Waals surface area contributed by atoms with Crippen LogP contribution in [-0.4, -0.2) is 25.8 Å². The van der Waals surface area contributed by atoms with Crippen molar-refractivity contribution in [1.29, 1.82) is 0 Å². The first kappa shape index (κ1) is 20.8. The monoisotopic (exact) mass is 417 g/mol. The number of para-hydroxylation sites is 2. The molecular formula is C24H27N5O2. The summed E-state index contributed by atoms with van der Waals surface area (Å²) < 4.78 is 7.19. The quantitative estimate of drug-likeness (QED) is 0.386. The number of rotatable bonds is 9. The van der Waals surface area contributed by atoms with Crippen LogP contribution in [0.3, 0.4) is 0 Å². The number of amides is 1. The number of fused-ring (bicyclic) bond motifs is 1. The SMILES string of the molecule is CCCCC(CC)Cn1c(-c2nonc2NC(=O)c2ccccc2)nc2ccccc21. The standard InChI is InChI=1S/C24H27N5O2/c1-3-5-11-17(4-2)16-29-20-15-10-9-14-19(20)25-23(29)21-22(28-31-27-21)26-24(30)18-12-7-6-8-13-18/h6-10,12-15,17H,3-5,11,16H2,1-2H3,(H,26,28,30). The Morgan fingerprint density at radius 1 is 1.06 bits per heavy atom. The molecule has 2 aromatic heterocycles. The van der Waals surface area contributed by atoms with E-state index in [-0.39, 0.29) is 11.7 Å². The number of aromatic nitrogens is 4. The third kappa shape index (κ3) is 4.50. The van der Waals surface area contributed by atoms with Crippen molar-refractivity contribution in [2.45, 2.75) is 46.1 Å². The molecule has 0 aliphatic carbocycles. The molecule has 0 aliphatic rings. The van der Waals surface area contributed by atoms with Crippen molar-refractivity contribution in [3.63, 3.8) is 0 Å². The van der Waals surface area contributed by atoms with Crippen LogP contribution in [0.15, 0.2) is 59.2 Å². The van der Waals surface area contributed by atoms with Gasteiger partial charge < -0.3 is 9.88 Å². The average Bonchev–Trinajstić information content (AvgIpc) is 3.41. The topological polar surface area (TPSA) is 85.8 Å². The maximum Gasteiger partial charge on any atom is 0.256 e. The molecule has 1 amide bonds. The Balaban J connectivity index is 1.70. The lowest BCUT2D eigenvalue weighted by atomic mass is 9.99. The van der Waals surface area contributed by atoms with Crippen LogP contribution in [0.1, 0.15) is 49.9 Å². The number of carbonyl (C=O) groups is 1. The van der Waals surface area contributed by atoms with Crippen LogP contribution >= 0.6 is 0 Å². The molecule has 0 saturated heterocycles. The molecule has 1 unspecified atom stereocenters. The van der Waals surface area contributed by atoms with Crippen molar-refractivity contribution in [2.24, 2.45) is 5.92 Å². The van der Waals surface area contributed by atoms with Gasteiger partial charge in [0.2, 0.25) is 5.82 Å². The molecule has 0 aliphatic heterocycles. The number of imidazole rings is 1. The van der Waals surface area contributed by atoms with E-state index in [1.54, 1.807) is 12.1 Å². The van der Waals surface area contributed by atoms with E-state index in [1.807, 2.05) is 36.4 Å². The van der Waals surface area contributed by atoms with Gasteiger partial charge in [-0.1, -0.05) is 63.4 Å². The van der Waals surface area contributed by atoms with Gasteiger partial charge in [0.05, 0.1) is 11.0 Å². The lowest BCUT2D eigenvalue weighted by Gasteiger charge is -2.17. The molecular weight excluding hydrogens is 390 g/mol. The fourth-order valence-corrected chi connectivity index (χ4v) is 3.80. The predicted molar refractivity (Wildman–Crippen MR) is 121 cm³/mol. The van der Waals surface area contributed by atoms with Gasteiger partial charge in [-0.3, -0.25) is 4.79 Å². The number of nitrogens with one attached hydrogen (secondary N) is 1. The lowest BCUT2D eigenvalue weighted by Crippen LogP contribution is -2.14. The third-order valence-electron chi connectivity index (χ3n) is 5.61. The Morgan fingerprint density at radius 2 is 1.84 bits per heavy atom. The van der Waals surface area contributed by atoms with Gasteiger partial charge in [-0.2, -0.15) is 0 Å². The number of benzene rings is 2. The number of hydrogen-bond donors (Lipinski definition) is 1. The first-order valence-electron chi connectivity index (χ1n) is 10.9. The molecule has 0 radical (unpaired) electrons. The van der Waals surface area contributed by atoms with E-state index in [2.05, 4.69) is 40.1 Å². The van der Waals surface area contributed by atoms with Gasteiger partial charge >= 0.3 is 0 Å². The van der Waals surface area contributed by atoms with Gasteiger partial charge in [-0.15, -0.1) is 0 Å². The van der Waals surface area contributed by atoms with Crippen LogP contribution < -0.4 is 5.32 Å². The molecule has 1 N–H and O–H groups in total. The highest BCUT2D eigenvalue weighted by Gasteiger charge is 2.23. The lowest BCUT2D eigenvalue weighted by molar-refractivity contribution is 0.102. The molecule has 0 saturated carbocycles. The molecule has 160 valence electrons. The normalized spacial score (nSPS) is 12.2. The van der Waals surface area contributed by atoms with E-state index < -0.39 is 0 Å². The molecule has 0 fully saturated rings. The minimum atomic E-state index is -0.269. The van der Waals surface area contributed by atoms with Crippen LogP contribution in [0.5, 0.6) is 0 Å². The summed E-state index contributed by atoms with van der Waals surface area (Å²) in [6.45, 7) is 5.26. The number of carbonyl (C=O) groups excluding carboxylic acids is 1. The average molecular weight is 418 g/mol. The zero-order chi connectivity index (χ0) is 21.6. The number of anilines is 1. The number of nitrogens with zero attached hydrogens (tertiary/aromatic N) is 4. The van der Waals surface area contributed by atoms with Crippen molar-refractivity contribution < 1.29 is 9.42 Å². The Bertz CT molecular complexity index is 1150. The van der Waals surface area contributed by atoms with Crippen molar-refractivity contribution in [3.8, 4) is 11.5 Å². The van der Waals surface area contributed by atoms with Crippen LogP contribution in [0.25, 0.3) is 22.6 Å². The van der Waals surface area contributed by atoms with E-state index in [0.717, 1.165) is 30.4 Å². The van der Waals surface area contributed by atoms with Gasteiger partial charge in [0.1, 0.15) is 0 Å². The summed E-state index contributed by atoms with van der Waals surface area (Å²) in [7, 11) is 0. The molecule has 0 spiro atoms. The maximum atomic E-state index is 12.6. The minimum absolute atomic E-state index is 0.269. The van der Waals surface area contributed by atoms with Crippen LogP contribution in [0.2, 0.25) is 0 Å². The summed E-state index contributed by atoms with van der Waals surface area (Å²) in [5, 5.41) is 10.9. The molecule has 2 heterocycles. The first-order chi connectivity index (χ1) is 15.2. The van der Waals surface area contributed by atoms with Crippen molar-refractivity contribution in [1.82, 2.24) is 19.9 Å². The molecule has 4 aromatic rings. The summed E-state index contributed by atoms with van der Waals surface area (Å²) in [6, 6.07) is 17.0. The Kier molecular flexibility index (Phi) is 6.40. The van der Waals surface area contributed by atoms with E-state index in [9.17, 15) is 4.79 Å². The second-order valence-electron chi connectivity index (χ2n) is 7.73. The number of unbranched alkanes of at least 4 members (excludes halogenated alkanes) is 1. The summed E-state index contributed by atoms with van der Waals surface area (Å²) in [5.41, 5.74) is 2.89. The minimum Gasteiger partial charge on any atom is -0.322 e. The van der Waals surface area contributed by atoms with E-state index in [0.29, 0.717) is 23.0 Å².